The van der Waals surface area contributed by atoms with Crippen molar-refractivity contribution in [3.05, 3.63) is 12.2 Å². The smallest absolute Gasteiger partial charge is 0.160 e. The van der Waals surface area contributed by atoms with E-state index in [1.807, 2.05) is 0 Å². The monoisotopic (exact) mass is 346 g/mol. The first kappa shape index (κ1) is 17.7. The Hall–Kier alpha value is -0.670. The number of fused-ring (bicyclic) bond motifs is 5. The van der Waals surface area contributed by atoms with Crippen LogP contribution in [0.5, 0.6) is 0 Å². The molecule has 7 unspecified atom stereocenters. The lowest BCUT2D eigenvalue weighted by molar-refractivity contribution is -0.256. The zero-order valence-electron chi connectivity index (χ0n) is 16.3. The van der Waals surface area contributed by atoms with E-state index in [0.717, 1.165) is 32.1 Å². The molecule has 0 radical (unpaired) electrons. The van der Waals surface area contributed by atoms with E-state index in [0.29, 0.717) is 34.9 Å². The van der Waals surface area contributed by atoms with Gasteiger partial charge in [0.05, 0.1) is 6.10 Å². The molecule has 25 heavy (non-hydrogen) atoms. The summed E-state index contributed by atoms with van der Waals surface area (Å²) in [5.41, 5.74) is 0.169. The average Bonchev–Trinajstić information content (AvgIpc) is 2.82. The number of carbonyl (C=O) groups excluding carboxylic acids is 1. The third-order valence-electron chi connectivity index (χ3n) is 8.31. The number of rotatable bonds is 2. The summed E-state index contributed by atoms with van der Waals surface area (Å²) in [6.07, 6.45) is 12.1. The van der Waals surface area contributed by atoms with E-state index >= 15 is 0 Å². The molecule has 0 aromatic rings. The van der Waals surface area contributed by atoms with Crippen LogP contribution in [0.2, 0.25) is 0 Å². The van der Waals surface area contributed by atoms with Crippen LogP contribution in [-0.2, 0) is 9.53 Å². The van der Waals surface area contributed by atoms with E-state index in [2.05, 4.69) is 26.0 Å². The predicted molar refractivity (Wildman–Crippen MR) is 97.8 cm³/mol. The van der Waals surface area contributed by atoms with E-state index in [4.69, 9.17) is 4.74 Å². The van der Waals surface area contributed by atoms with Crippen LogP contribution in [0.1, 0.15) is 72.6 Å². The summed E-state index contributed by atoms with van der Waals surface area (Å²) < 4.78 is 6.24. The molecular formula is C22H34O3. The first-order valence-corrected chi connectivity index (χ1v) is 10.3. The van der Waals surface area contributed by atoms with Crippen LogP contribution in [-0.4, -0.2) is 22.8 Å². The highest BCUT2D eigenvalue weighted by atomic mass is 16.6. The molecule has 7 atom stereocenters. The van der Waals surface area contributed by atoms with Crippen molar-refractivity contribution >= 4 is 5.78 Å². The van der Waals surface area contributed by atoms with Gasteiger partial charge in [0.1, 0.15) is 5.78 Å². The van der Waals surface area contributed by atoms with Gasteiger partial charge in [0.2, 0.25) is 0 Å². The van der Waals surface area contributed by atoms with E-state index in [-0.39, 0.29) is 11.5 Å². The first-order valence-electron chi connectivity index (χ1n) is 10.3. The number of hydrogen-bond donors (Lipinski definition) is 1. The fourth-order valence-corrected chi connectivity index (χ4v) is 7.03. The summed E-state index contributed by atoms with van der Waals surface area (Å²) in [5, 5.41) is 10.4. The third-order valence-corrected chi connectivity index (χ3v) is 8.31. The van der Waals surface area contributed by atoms with Crippen LogP contribution in [0, 0.1) is 34.5 Å². The van der Waals surface area contributed by atoms with Gasteiger partial charge in [-0.15, -0.1) is 0 Å². The molecule has 140 valence electrons. The Morgan fingerprint density at radius 1 is 1.20 bits per heavy atom. The maximum absolute atomic E-state index is 12.7. The van der Waals surface area contributed by atoms with E-state index in [1.165, 1.54) is 12.8 Å². The molecule has 3 nitrogen and oxygen atoms in total. The average molecular weight is 347 g/mol. The quantitative estimate of drug-likeness (QED) is 0.592. The van der Waals surface area contributed by atoms with Crippen LogP contribution in [0.4, 0.5) is 0 Å². The maximum Gasteiger partial charge on any atom is 0.160 e. The minimum absolute atomic E-state index is 0.0568. The number of ether oxygens (including phenoxy) is 1. The maximum atomic E-state index is 12.7. The van der Waals surface area contributed by atoms with Crippen LogP contribution in [0.25, 0.3) is 0 Å². The second-order valence-corrected chi connectivity index (χ2v) is 10.1. The van der Waals surface area contributed by atoms with Crippen LogP contribution < -0.4 is 0 Å². The second-order valence-electron chi connectivity index (χ2n) is 10.1. The number of hydrogen-bond acceptors (Lipinski definition) is 3. The molecule has 0 heterocycles. The van der Waals surface area contributed by atoms with Crippen molar-refractivity contribution in [3.8, 4) is 0 Å². The summed E-state index contributed by atoms with van der Waals surface area (Å²) in [5.74, 6) is 1.33. The van der Waals surface area contributed by atoms with Crippen molar-refractivity contribution in [2.45, 2.75) is 84.5 Å². The largest absolute Gasteiger partial charge is 0.366 e. The molecule has 0 aliphatic heterocycles. The minimum atomic E-state index is -1.11. The van der Waals surface area contributed by atoms with Gasteiger partial charge in [0, 0.05) is 11.8 Å². The summed E-state index contributed by atoms with van der Waals surface area (Å²) >= 11 is 0. The standard InChI is InChI=1S/C22H34O3/c1-20(2,24)25-17-13-14-7-5-6-11-21(14,3)16-10-12-22(4)15(19(16)17)8-9-18(22)23/h5,7,14-17,19,24H,6,8-13H2,1-4H3. The summed E-state index contributed by atoms with van der Waals surface area (Å²) in [4.78, 5) is 12.7. The summed E-state index contributed by atoms with van der Waals surface area (Å²) in [6.45, 7) is 8.18. The van der Waals surface area contributed by atoms with E-state index in [9.17, 15) is 9.90 Å². The Morgan fingerprint density at radius 2 is 1.96 bits per heavy atom. The number of allylic oxidation sites excluding steroid dienone is 2. The zero-order chi connectivity index (χ0) is 18.0. The molecular weight excluding hydrogens is 312 g/mol. The Kier molecular flexibility index (Phi) is 4.01. The third kappa shape index (κ3) is 2.65. The minimum Gasteiger partial charge on any atom is -0.366 e. The van der Waals surface area contributed by atoms with E-state index < -0.39 is 5.79 Å². The summed E-state index contributed by atoms with van der Waals surface area (Å²) in [7, 11) is 0. The molecule has 1 N–H and O–H groups in total. The van der Waals surface area contributed by atoms with E-state index in [1.54, 1.807) is 13.8 Å². The fourth-order valence-electron chi connectivity index (χ4n) is 7.03. The number of aliphatic hydroxyl groups is 1. The molecule has 0 saturated heterocycles. The molecule has 0 aromatic heterocycles. The highest BCUT2D eigenvalue weighted by molar-refractivity contribution is 5.87. The van der Waals surface area contributed by atoms with Gasteiger partial charge in [0.15, 0.2) is 5.79 Å². The van der Waals surface area contributed by atoms with Gasteiger partial charge in [0.25, 0.3) is 0 Å². The Balaban J connectivity index is 1.74. The van der Waals surface area contributed by atoms with Crippen molar-refractivity contribution in [3.63, 3.8) is 0 Å². The van der Waals surface area contributed by atoms with Crippen LogP contribution in [0.3, 0.4) is 0 Å². The molecule has 0 bridgehead atoms. The molecule has 3 fully saturated rings. The molecule has 3 saturated carbocycles. The number of ketones is 1. The van der Waals surface area contributed by atoms with Gasteiger partial charge < -0.3 is 9.84 Å². The molecule has 4 aliphatic rings. The van der Waals surface area contributed by atoms with Crippen molar-refractivity contribution in [2.75, 3.05) is 0 Å². The fraction of sp³-hybridized carbons (Fsp3) is 0.864. The van der Waals surface area contributed by atoms with Crippen LogP contribution >= 0.6 is 0 Å². The second kappa shape index (κ2) is 5.66. The Labute approximate surface area is 152 Å². The summed E-state index contributed by atoms with van der Waals surface area (Å²) in [6, 6.07) is 0. The molecule has 0 amide bonds. The molecule has 4 aliphatic carbocycles. The van der Waals surface area contributed by atoms with Crippen molar-refractivity contribution in [1.29, 1.82) is 0 Å². The number of Topliss-reactive ketones (excluding diaryl/α,β-unsaturated/α-hetero) is 1. The van der Waals surface area contributed by atoms with Gasteiger partial charge in [-0.25, -0.2) is 0 Å². The Bertz CT molecular complexity index is 589. The number of carbonyl (C=O) groups is 1. The highest BCUT2D eigenvalue weighted by Gasteiger charge is 2.62. The normalized spacial score (nSPS) is 49.5. The van der Waals surface area contributed by atoms with Gasteiger partial charge in [-0.3, -0.25) is 4.79 Å². The SMILES string of the molecule is CC(C)(O)OC1CC2C=CCCC2(C)C2CCC3(C)C(=O)CCC3C12. The highest BCUT2D eigenvalue weighted by Crippen LogP contribution is 2.65. The van der Waals surface area contributed by atoms with Gasteiger partial charge in [-0.05, 0) is 81.5 Å². The topological polar surface area (TPSA) is 46.5 Å². The van der Waals surface area contributed by atoms with Gasteiger partial charge in [-0.2, -0.15) is 0 Å². The first-order chi connectivity index (χ1) is 11.7. The lowest BCUT2D eigenvalue weighted by atomic mass is 9.45. The lowest BCUT2D eigenvalue weighted by Gasteiger charge is -2.61. The Morgan fingerprint density at radius 3 is 2.68 bits per heavy atom. The molecule has 0 aromatic carbocycles. The molecule has 0 spiro atoms. The predicted octanol–water partition coefficient (Wildman–Crippen LogP) is 4.49. The molecule has 4 rings (SSSR count). The van der Waals surface area contributed by atoms with Crippen molar-refractivity contribution < 1.29 is 14.6 Å². The molecule has 3 heteroatoms. The van der Waals surface area contributed by atoms with Gasteiger partial charge in [-0.1, -0.05) is 26.0 Å². The lowest BCUT2D eigenvalue weighted by Crippen LogP contribution is -2.58. The van der Waals surface area contributed by atoms with Gasteiger partial charge >= 0.3 is 0 Å². The van der Waals surface area contributed by atoms with Crippen molar-refractivity contribution in [1.82, 2.24) is 0 Å². The zero-order valence-corrected chi connectivity index (χ0v) is 16.3. The van der Waals surface area contributed by atoms with Crippen molar-refractivity contribution in [2.24, 2.45) is 34.5 Å². The van der Waals surface area contributed by atoms with Crippen LogP contribution in [0.15, 0.2) is 12.2 Å².